The summed E-state index contributed by atoms with van der Waals surface area (Å²) in [5, 5.41) is 12.6. The molecule has 1 aromatic heterocycles. The molecular formula is C14H20N4. The van der Waals surface area contributed by atoms with Crippen molar-refractivity contribution in [3.8, 4) is 6.07 Å². The zero-order chi connectivity index (χ0) is 12.6. The minimum Gasteiger partial charge on any atom is -0.330 e. The molecule has 2 heterocycles. The molecule has 2 aliphatic rings. The highest BCUT2D eigenvalue weighted by Gasteiger charge is 2.43. The Labute approximate surface area is 108 Å². The molecule has 96 valence electrons. The maximum Gasteiger partial charge on any atom is 0.162 e. The minimum absolute atomic E-state index is 0.190. The average molecular weight is 244 g/mol. The van der Waals surface area contributed by atoms with Gasteiger partial charge in [0.15, 0.2) is 5.69 Å². The summed E-state index contributed by atoms with van der Waals surface area (Å²) in [6.45, 7) is 2.03. The van der Waals surface area contributed by atoms with Crippen LogP contribution in [0.3, 0.4) is 0 Å². The van der Waals surface area contributed by atoms with E-state index in [9.17, 15) is 5.26 Å². The van der Waals surface area contributed by atoms with Crippen LogP contribution in [0.2, 0.25) is 0 Å². The first-order chi connectivity index (χ1) is 8.80. The summed E-state index contributed by atoms with van der Waals surface area (Å²) in [5.74, 6) is 1.18. The fraction of sp³-hybridized carbons (Fsp3) is 0.714. The third-order valence-corrected chi connectivity index (χ3v) is 4.52. The number of rotatable bonds is 3. The highest BCUT2D eigenvalue weighted by Crippen LogP contribution is 2.43. The molecule has 1 N–H and O–H groups in total. The normalized spacial score (nSPS) is 20.9. The smallest absolute Gasteiger partial charge is 0.162 e. The van der Waals surface area contributed by atoms with Crippen molar-refractivity contribution in [1.82, 2.24) is 14.9 Å². The van der Waals surface area contributed by atoms with Gasteiger partial charge in [0.25, 0.3) is 0 Å². The van der Waals surface area contributed by atoms with Gasteiger partial charge in [-0.1, -0.05) is 6.42 Å². The first-order valence-electron chi connectivity index (χ1n) is 6.95. The van der Waals surface area contributed by atoms with Crippen molar-refractivity contribution < 1.29 is 0 Å². The van der Waals surface area contributed by atoms with Gasteiger partial charge >= 0.3 is 0 Å². The summed E-state index contributed by atoms with van der Waals surface area (Å²) in [6, 6.07) is 2.29. The Hall–Kier alpha value is -1.34. The van der Waals surface area contributed by atoms with Gasteiger partial charge in [0.2, 0.25) is 0 Å². The van der Waals surface area contributed by atoms with E-state index in [1.165, 1.54) is 43.6 Å². The number of fused-ring (bicyclic) bond motifs is 1. The van der Waals surface area contributed by atoms with Crippen LogP contribution in [0.1, 0.15) is 49.3 Å². The number of likely N-dealkylation sites (N-methyl/N-ethyl adjacent to an activating group) is 1. The fourth-order valence-electron chi connectivity index (χ4n) is 3.46. The summed E-state index contributed by atoms with van der Waals surface area (Å²) in [6.07, 6.45) is 7.12. The largest absolute Gasteiger partial charge is 0.330 e. The van der Waals surface area contributed by atoms with Crippen LogP contribution in [-0.4, -0.2) is 23.1 Å². The van der Waals surface area contributed by atoms with E-state index >= 15 is 0 Å². The van der Waals surface area contributed by atoms with Crippen LogP contribution in [0.15, 0.2) is 0 Å². The molecule has 0 unspecified atom stereocenters. The van der Waals surface area contributed by atoms with Crippen molar-refractivity contribution in [2.24, 2.45) is 0 Å². The Morgan fingerprint density at radius 3 is 2.83 bits per heavy atom. The summed E-state index contributed by atoms with van der Waals surface area (Å²) in [5.41, 5.74) is 2.05. The van der Waals surface area contributed by atoms with Gasteiger partial charge in [0.05, 0.1) is 5.69 Å². The van der Waals surface area contributed by atoms with Crippen molar-refractivity contribution in [2.45, 2.75) is 50.5 Å². The van der Waals surface area contributed by atoms with E-state index in [0.29, 0.717) is 5.69 Å². The van der Waals surface area contributed by atoms with E-state index in [1.807, 2.05) is 7.05 Å². The van der Waals surface area contributed by atoms with Crippen LogP contribution >= 0.6 is 0 Å². The molecule has 4 nitrogen and oxygen atoms in total. The number of aromatic nitrogens is 2. The van der Waals surface area contributed by atoms with E-state index < -0.39 is 0 Å². The van der Waals surface area contributed by atoms with Crippen molar-refractivity contribution in [3.05, 3.63) is 17.2 Å². The Morgan fingerprint density at radius 2 is 2.22 bits per heavy atom. The first-order valence-corrected chi connectivity index (χ1v) is 6.95. The lowest BCUT2D eigenvalue weighted by Crippen LogP contribution is -2.45. The zero-order valence-electron chi connectivity index (χ0n) is 11.0. The maximum absolute atomic E-state index is 9.25. The van der Waals surface area contributed by atoms with Crippen LogP contribution < -0.4 is 5.32 Å². The quantitative estimate of drug-likeness (QED) is 0.881. The fourth-order valence-corrected chi connectivity index (χ4v) is 3.46. The number of nitriles is 1. The second-order valence-electron chi connectivity index (χ2n) is 5.62. The molecule has 1 aliphatic heterocycles. The van der Waals surface area contributed by atoms with Crippen LogP contribution in [0.25, 0.3) is 0 Å². The zero-order valence-corrected chi connectivity index (χ0v) is 11.0. The van der Waals surface area contributed by atoms with E-state index in [4.69, 9.17) is 0 Å². The molecule has 3 rings (SSSR count). The Balaban J connectivity index is 2.06. The van der Waals surface area contributed by atoms with Crippen LogP contribution in [0, 0.1) is 11.3 Å². The van der Waals surface area contributed by atoms with E-state index in [0.717, 1.165) is 19.5 Å². The molecule has 4 heteroatoms. The predicted molar refractivity (Wildman–Crippen MR) is 69.3 cm³/mol. The number of imidazole rings is 1. The molecule has 0 amide bonds. The molecule has 18 heavy (non-hydrogen) atoms. The van der Waals surface area contributed by atoms with Gasteiger partial charge in [-0.3, -0.25) is 0 Å². The summed E-state index contributed by atoms with van der Waals surface area (Å²) in [4.78, 5) is 4.68. The van der Waals surface area contributed by atoms with E-state index in [-0.39, 0.29) is 5.41 Å². The topological polar surface area (TPSA) is 53.6 Å². The van der Waals surface area contributed by atoms with E-state index in [1.54, 1.807) is 0 Å². The second-order valence-corrected chi connectivity index (χ2v) is 5.62. The molecule has 0 bridgehead atoms. The van der Waals surface area contributed by atoms with Gasteiger partial charge in [0, 0.05) is 18.5 Å². The van der Waals surface area contributed by atoms with Gasteiger partial charge in [0.1, 0.15) is 11.9 Å². The average Bonchev–Trinajstić information content (AvgIpc) is 2.73. The molecule has 1 fully saturated rings. The van der Waals surface area contributed by atoms with Gasteiger partial charge in [-0.25, -0.2) is 4.98 Å². The third-order valence-electron chi connectivity index (χ3n) is 4.52. The molecular weight excluding hydrogens is 224 g/mol. The Kier molecular flexibility index (Phi) is 2.87. The van der Waals surface area contributed by atoms with Crippen molar-refractivity contribution in [2.75, 3.05) is 13.6 Å². The van der Waals surface area contributed by atoms with Crippen molar-refractivity contribution in [3.63, 3.8) is 0 Å². The highest BCUT2D eigenvalue weighted by molar-refractivity contribution is 5.33. The van der Waals surface area contributed by atoms with Crippen molar-refractivity contribution >= 4 is 0 Å². The summed E-state index contributed by atoms with van der Waals surface area (Å²) >= 11 is 0. The van der Waals surface area contributed by atoms with Crippen LogP contribution in [-0.2, 0) is 18.4 Å². The van der Waals surface area contributed by atoms with Crippen LogP contribution in [0.4, 0.5) is 0 Å². The predicted octanol–water partition coefficient (Wildman–Crippen LogP) is 1.73. The Morgan fingerprint density at radius 1 is 1.39 bits per heavy atom. The van der Waals surface area contributed by atoms with Gasteiger partial charge in [-0.05, 0) is 39.2 Å². The number of hydrogen-bond donors (Lipinski definition) is 1. The second kappa shape index (κ2) is 4.40. The lowest BCUT2D eigenvalue weighted by molar-refractivity contribution is 0.214. The van der Waals surface area contributed by atoms with Crippen LogP contribution in [0.5, 0.6) is 0 Å². The third kappa shape index (κ3) is 1.58. The van der Waals surface area contributed by atoms with Gasteiger partial charge < -0.3 is 9.88 Å². The molecule has 0 atom stereocenters. The summed E-state index contributed by atoms with van der Waals surface area (Å²) in [7, 11) is 2.01. The highest BCUT2D eigenvalue weighted by atomic mass is 15.1. The van der Waals surface area contributed by atoms with Crippen molar-refractivity contribution in [1.29, 1.82) is 5.26 Å². The molecule has 1 aliphatic carbocycles. The lowest BCUT2D eigenvalue weighted by Gasteiger charge is -2.41. The first kappa shape index (κ1) is 11.7. The molecule has 0 saturated heterocycles. The monoisotopic (exact) mass is 244 g/mol. The number of nitrogens with one attached hydrogen (secondary N) is 1. The SMILES string of the molecule is CNCC1(c2nc(C#N)c3n2CCCC3)CCC1. The lowest BCUT2D eigenvalue weighted by atomic mass is 9.68. The number of hydrogen-bond acceptors (Lipinski definition) is 3. The number of nitrogens with zero attached hydrogens (tertiary/aromatic N) is 3. The van der Waals surface area contributed by atoms with E-state index in [2.05, 4.69) is 20.9 Å². The standard InChI is InChI=1S/C14H20N4/c1-16-10-14(6-4-7-14)13-17-11(9-15)12-5-2-3-8-18(12)13/h16H,2-8,10H2,1H3. The minimum atomic E-state index is 0.190. The maximum atomic E-state index is 9.25. The molecule has 0 aromatic carbocycles. The Bertz CT molecular complexity index is 491. The van der Waals surface area contributed by atoms with Gasteiger partial charge in [-0.15, -0.1) is 0 Å². The molecule has 0 radical (unpaired) electrons. The summed E-state index contributed by atoms with van der Waals surface area (Å²) < 4.78 is 2.35. The van der Waals surface area contributed by atoms with Gasteiger partial charge in [-0.2, -0.15) is 5.26 Å². The molecule has 1 aromatic rings. The molecule has 0 spiro atoms. The molecule has 1 saturated carbocycles.